The van der Waals surface area contributed by atoms with Gasteiger partial charge in [0.2, 0.25) is 0 Å². The maximum absolute atomic E-state index is 5.33. The summed E-state index contributed by atoms with van der Waals surface area (Å²) in [5.74, 6) is 2.11. The molecule has 6 heteroatoms. The van der Waals surface area contributed by atoms with Gasteiger partial charge in [0.1, 0.15) is 16.7 Å². The minimum absolute atomic E-state index is 0.660. The van der Waals surface area contributed by atoms with Crippen molar-refractivity contribution in [2.45, 2.75) is 0 Å². The van der Waals surface area contributed by atoms with Crippen molar-refractivity contribution >= 4 is 27.0 Å². The summed E-state index contributed by atoms with van der Waals surface area (Å²) in [5, 5.41) is 0. The van der Waals surface area contributed by atoms with Crippen molar-refractivity contribution in [2.24, 2.45) is 0 Å². The number of pyridine rings is 1. The van der Waals surface area contributed by atoms with E-state index in [1.807, 2.05) is 34.9 Å². The fourth-order valence-corrected chi connectivity index (χ4v) is 2.38. The van der Waals surface area contributed by atoms with Crippen LogP contribution in [0.2, 0.25) is 0 Å². The van der Waals surface area contributed by atoms with Crippen LogP contribution in [-0.2, 0) is 0 Å². The van der Waals surface area contributed by atoms with Crippen LogP contribution in [0.5, 0.6) is 11.5 Å². The lowest BCUT2D eigenvalue weighted by molar-refractivity contribution is 0.355. The minimum atomic E-state index is 0.660. The summed E-state index contributed by atoms with van der Waals surface area (Å²) in [5.41, 5.74) is 1.73. The number of benzene rings is 1. The number of methoxy groups -OCH3 is 2. The molecule has 0 atom stereocenters. The van der Waals surface area contributed by atoms with E-state index in [2.05, 4.69) is 25.9 Å². The van der Waals surface area contributed by atoms with Crippen LogP contribution in [0.1, 0.15) is 0 Å². The average Bonchev–Trinajstić information content (AvgIpc) is 2.88. The highest BCUT2D eigenvalue weighted by molar-refractivity contribution is 9.10. The highest BCUT2D eigenvalue weighted by atomic mass is 79.9. The van der Waals surface area contributed by atoms with Gasteiger partial charge in [0, 0.05) is 12.1 Å². The fraction of sp³-hybridized carbons (Fsp3) is 0.143. The van der Waals surface area contributed by atoms with E-state index >= 15 is 0 Å². The van der Waals surface area contributed by atoms with Crippen LogP contribution in [0, 0.1) is 0 Å². The normalized spacial score (nSPS) is 10.8. The monoisotopic (exact) mass is 333 g/mol. The van der Waals surface area contributed by atoms with Gasteiger partial charge in [0.25, 0.3) is 0 Å². The summed E-state index contributed by atoms with van der Waals surface area (Å²) in [6.45, 7) is 0. The first-order chi connectivity index (χ1) is 9.72. The number of halogens is 1. The molecular formula is C14H12BrN3O2. The summed E-state index contributed by atoms with van der Waals surface area (Å²) in [6.07, 6.45) is 1.73. The third-order valence-electron chi connectivity index (χ3n) is 3.00. The molecule has 0 bridgehead atoms. The Hall–Kier alpha value is -2.08. The molecule has 2 heterocycles. The second-order valence-corrected chi connectivity index (χ2v) is 4.94. The number of rotatable bonds is 3. The molecule has 0 aliphatic heterocycles. The van der Waals surface area contributed by atoms with E-state index in [4.69, 9.17) is 9.47 Å². The number of hydrogen-bond acceptors (Lipinski definition) is 4. The molecule has 0 aliphatic rings. The molecule has 0 saturated carbocycles. The molecule has 5 nitrogen and oxygen atoms in total. The Labute approximate surface area is 124 Å². The number of nitrogens with zero attached hydrogens (tertiary/aromatic N) is 3. The standard InChI is InChI=1S/C14H12BrN3O2/c1-19-11-6-9-10(7-12(11)20-2)18(8-16-9)14-5-3-4-13(15)17-14/h3-8H,1-2H3. The van der Waals surface area contributed by atoms with E-state index in [0.717, 1.165) is 21.5 Å². The molecule has 0 aliphatic carbocycles. The number of ether oxygens (including phenoxy) is 2. The zero-order valence-electron chi connectivity index (χ0n) is 11.0. The van der Waals surface area contributed by atoms with Crippen LogP contribution < -0.4 is 9.47 Å². The van der Waals surface area contributed by atoms with E-state index in [0.29, 0.717) is 11.5 Å². The Morgan fingerprint density at radius 1 is 1.10 bits per heavy atom. The van der Waals surface area contributed by atoms with Crippen molar-refractivity contribution in [3.05, 3.63) is 41.3 Å². The highest BCUT2D eigenvalue weighted by Gasteiger charge is 2.11. The van der Waals surface area contributed by atoms with Crippen LogP contribution in [0.15, 0.2) is 41.3 Å². The molecule has 0 fully saturated rings. The van der Waals surface area contributed by atoms with E-state index in [1.165, 1.54) is 0 Å². The smallest absolute Gasteiger partial charge is 0.163 e. The van der Waals surface area contributed by atoms with Gasteiger partial charge in [0.15, 0.2) is 11.5 Å². The van der Waals surface area contributed by atoms with E-state index < -0.39 is 0 Å². The first-order valence-electron chi connectivity index (χ1n) is 5.95. The lowest BCUT2D eigenvalue weighted by atomic mass is 10.2. The van der Waals surface area contributed by atoms with Gasteiger partial charge in [-0.1, -0.05) is 6.07 Å². The van der Waals surface area contributed by atoms with Gasteiger partial charge in [-0.3, -0.25) is 4.57 Å². The molecule has 3 rings (SSSR count). The van der Waals surface area contributed by atoms with Crippen molar-refractivity contribution < 1.29 is 9.47 Å². The first-order valence-corrected chi connectivity index (χ1v) is 6.74. The van der Waals surface area contributed by atoms with Crippen molar-refractivity contribution in [3.63, 3.8) is 0 Å². The van der Waals surface area contributed by atoms with Gasteiger partial charge in [0.05, 0.1) is 25.3 Å². The predicted molar refractivity (Wildman–Crippen MR) is 79.7 cm³/mol. The molecule has 0 N–H and O–H groups in total. The van der Waals surface area contributed by atoms with Crippen molar-refractivity contribution in [3.8, 4) is 17.3 Å². The molecule has 0 amide bonds. The highest BCUT2D eigenvalue weighted by Crippen LogP contribution is 2.32. The summed E-state index contributed by atoms with van der Waals surface area (Å²) in [4.78, 5) is 8.81. The van der Waals surface area contributed by atoms with Crippen molar-refractivity contribution in [1.29, 1.82) is 0 Å². The minimum Gasteiger partial charge on any atom is -0.493 e. The molecule has 2 aromatic heterocycles. The topological polar surface area (TPSA) is 49.2 Å². The molecule has 0 radical (unpaired) electrons. The molecular weight excluding hydrogens is 322 g/mol. The molecule has 3 aromatic rings. The van der Waals surface area contributed by atoms with Gasteiger partial charge < -0.3 is 9.47 Å². The van der Waals surface area contributed by atoms with Gasteiger partial charge in [-0.2, -0.15) is 0 Å². The fourth-order valence-electron chi connectivity index (χ4n) is 2.05. The van der Waals surface area contributed by atoms with E-state index in [9.17, 15) is 0 Å². The van der Waals surface area contributed by atoms with E-state index in [1.54, 1.807) is 20.5 Å². The zero-order chi connectivity index (χ0) is 14.1. The van der Waals surface area contributed by atoms with Crippen LogP contribution in [0.3, 0.4) is 0 Å². The van der Waals surface area contributed by atoms with Crippen molar-refractivity contribution in [2.75, 3.05) is 14.2 Å². The Morgan fingerprint density at radius 3 is 2.55 bits per heavy atom. The largest absolute Gasteiger partial charge is 0.493 e. The second kappa shape index (κ2) is 5.13. The lowest BCUT2D eigenvalue weighted by Gasteiger charge is -2.08. The third-order valence-corrected chi connectivity index (χ3v) is 3.44. The Kier molecular flexibility index (Phi) is 3.31. The summed E-state index contributed by atoms with van der Waals surface area (Å²) in [7, 11) is 3.22. The Morgan fingerprint density at radius 2 is 1.85 bits per heavy atom. The van der Waals surface area contributed by atoms with Gasteiger partial charge >= 0.3 is 0 Å². The second-order valence-electron chi connectivity index (χ2n) is 4.13. The van der Waals surface area contributed by atoms with E-state index in [-0.39, 0.29) is 0 Å². The molecule has 0 spiro atoms. The summed E-state index contributed by atoms with van der Waals surface area (Å²) in [6, 6.07) is 9.47. The molecule has 102 valence electrons. The average molecular weight is 334 g/mol. The summed E-state index contributed by atoms with van der Waals surface area (Å²) < 4.78 is 13.3. The quantitative estimate of drug-likeness (QED) is 0.690. The third kappa shape index (κ3) is 2.12. The Balaban J connectivity index is 2.23. The summed E-state index contributed by atoms with van der Waals surface area (Å²) >= 11 is 3.37. The van der Waals surface area contributed by atoms with Gasteiger partial charge in [-0.15, -0.1) is 0 Å². The maximum Gasteiger partial charge on any atom is 0.163 e. The maximum atomic E-state index is 5.33. The number of fused-ring (bicyclic) bond motifs is 1. The first kappa shape index (κ1) is 12.9. The van der Waals surface area contributed by atoms with Gasteiger partial charge in [-0.25, -0.2) is 9.97 Å². The van der Waals surface area contributed by atoms with Crippen LogP contribution >= 0.6 is 15.9 Å². The lowest BCUT2D eigenvalue weighted by Crippen LogP contribution is -1.96. The number of aromatic nitrogens is 3. The van der Waals surface area contributed by atoms with Crippen LogP contribution in [0.4, 0.5) is 0 Å². The molecule has 0 saturated heterocycles. The van der Waals surface area contributed by atoms with Crippen LogP contribution in [-0.4, -0.2) is 28.8 Å². The molecule has 0 unspecified atom stereocenters. The Bertz CT molecular complexity index is 770. The zero-order valence-corrected chi connectivity index (χ0v) is 12.6. The van der Waals surface area contributed by atoms with Crippen molar-refractivity contribution in [1.82, 2.24) is 14.5 Å². The SMILES string of the molecule is COc1cc2ncn(-c3cccc(Br)n3)c2cc1OC. The number of hydrogen-bond donors (Lipinski definition) is 0. The number of imidazole rings is 1. The molecule has 1 aromatic carbocycles. The van der Waals surface area contributed by atoms with Crippen LogP contribution in [0.25, 0.3) is 16.9 Å². The predicted octanol–water partition coefficient (Wildman–Crippen LogP) is 3.20. The van der Waals surface area contributed by atoms with Gasteiger partial charge in [-0.05, 0) is 28.1 Å². The molecule has 20 heavy (non-hydrogen) atoms.